The van der Waals surface area contributed by atoms with Crippen LogP contribution in [0.25, 0.3) is 0 Å². The average molecular weight is 613 g/mol. The molecule has 0 bridgehead atoms. The van der Waals surface area contributed by atoms with Gasteiger partial charge in [-0.15, -0.1) is 23.5 Å². The fourth-order valence-electron chi connectivity index (χ4n) is 2.63. The normalized spacial score (nSPS) is 37.8. The van der Waals surface area contributed by atoms with Crippen LogP contribution in [0, 0.1) is 0 Å². The second-order valence-electron chi connectivity index (χ2n) is 4.70. The van der Waals surface area contributed by atoms with Gasteiger partial charge >= 0.3 is 0 Å². The van der Waals surface area contributed by atoms with Crippen molar-refractivity contribution in [2.24, 2.45) is 0 Å². The molecular formula is C12H5Br5S2. The Bertz CT molecular complexity index is 614. The molecule has 4 atom stereocenters. The second-order valence-corrected chi connectivity index (χ2v) is 11.4. The molecule has 0 amide bonds. The van der Waals surface area contributed by atoms with Crippen LogP contribution in [0.2, 0.25) is 0 Å². The summed E-state index contributed by atoms with van der Waals surface area (Å²) >= 11 is 22.6. The minimum Gasteiger partial charge on any atom is -0.147 e. The number of benzene rings is 1. The lowest BCUT2D eigenvalue weighted by Crippen LogP contribution is -2.19. The van der Waals surface area contributed by atoms with Crippen LogP contribution >= 0.6 is 103 Å². The van der Waals surface area contributed by atoms with E-state index in [2.05, 4.69) is 115 Å². The first-order valence-corrected chi connectivity index (χ1v) is 11.3. The highest BCUT2D eigenvalue weighted by molar-refractivity contribution is 9.15. The van der Waals surface area contributed by atoms with E-state index in [1.807, 2.05) is 0 Å². The summed E-state index contributed by atoms with van der Waals surface area (Å²) in [4.78, 5) is 0. The first-order chi connectivity index (χ1) is 8.97. The minimum absolute atomic E-state index is 0.147. The van der Waals surface area contributed by atoms with Gasteiger partial charge in [-0.3, -0.25) is 0 Å². The van der Waals surface area contributed by atoms with Gasteiger partial charge in [-0.1, -0.05) is 12.2 Å². The summed E-state index contributed by atoms with van der Waals surface area (Å²) < 4.78 is 5.59. The van der Waals surface area contributed by atoms with Gasteiger partial charge in [-0.05, 0) is 79.6 Å². The highest BCUT2D eigenvalue weighted by atomic mass is 79.9. The van der Waals surface area contributed by atoms with Crippen LogP contribution in [0.1, 0.15) is 5.56 Å². The summed E-state index contributed by atoms with van der Waals surface area (Å²) in [5.41, 5.74) is 1.34. The van der Waals surface area contributed by atoms with E-state index in [1.54, 1.807) is 0 Å². The van der Waals surface area contributed by atoms with E-state index in [0.717, 1.165) is 38.1 Å². The quantitative estimate of drug-likeness (QED) is 0.147. The van der Waals surface area contributed by atoms with Gasteiger partial charge in [-0.25, -0.2) is 0 Å². The Hall–Kier alpha value is 2.06. The van der Waals surface area contributed by atoms with Gasteiger partial charge in [-0.2, -0.15) is 0 Å². The molecule has 2 heterocycles. The van der Waals surface area contributed by atoms with Crippen molar-refractivity contribution in [1.29, 1.82) is 0 Å². The fourth-order valence-corrected chi connectivity index (χ4v) is 9.66. The Kier molecular flexibility index (Phi) is 3.68. The molecule has 4 rings (SSSR count). The molecule has 1 aliphatic carbocycles. The van der Waals surface area contributed by atoms with Crippen molar-refractivity contribution in [3.05, 3.63) is 40.1 Å². The van der Waals surface area contributed by atoms with E-state index in [4.69, 9.17) is 0 Å². The van der Waals surface area contributed by atoms with Crippen molar-refractivity contribution in [1.82, 2.24) is 0 Å². The van der Waals surface area contributed by atoms with Crippen molar-refractivity contribution >= 4 is 103 Å². The number of rotatable bonds is 1. The minimum atomic E-state index is 0.147. The van der Waals surface area contributed by atoms with Gasteiger partial charge in [0.1, 0.15) is 0 Å². The average Bonchev–Trinajstić information content (AvgIpc) is 3.24. The molecule has 0 N–H and O–H groups in total. The molecule has 0 radical (unpaired) electrons. The number of halogens is 5. The van der Waals surface area contributed by atoms with Crippen LogP contribution in [-0.2, 0) is 4.75 Å². The smallest absolute Gasteiger partial charge is 0.0745 e. The topological polar surface area (TPSA) is 0 Å². The zero-order chi connectivity index (χ0) is 13.5. The molecule has 2 fully saturated rings. The largest absolute Gasteiger partial charge is 0.147 e. The zero-order valence-electron chi connectivity index (χ0n) is 9.09. The van der Waals surface area contributed by atoms with Crippen LogP contribution in [0.15, 0.2) is 34.5 Å². The Morgan fingerprint density at radius 1 is 0.895 bits per heavy atom. The lowest BCUT2D eigenvalue weighted by atomic mass is 9.89. The number of hydrogen-bond donors (Lipinski definition) is 0. The second kappa shape index (κ2) is 4.78. The Labute approximate surface area is 161 Å². The predicted molar refractivity (Wildman–Crippen MR) is 102 cm³/mol. The standard InChI is InChI=1S/C12H5Br5S2/c13-5-4(6(14)8(16)9(17)7(5)15)12-2-1-3-10(18-3)11(12)19-12/h1-3,10-11H. The molecule has 2 aliphatic heterocycles. The van der Waals surface area contributed by atoms with Crippen LogP contribution in [-0.4, -0.2) is 15.7 Å². The van der Waals surface area contributed by atoms with E-state index >= 15 is 0 Å². The summed E-state index contributed by atoms with van der Waals surface area (Å²) in [6.07, 6.45) is 4.79. The van der Waals surface area contributed by atoms with Crippen molar-refractivity contribution < 1.29 is 0 Å². The SMILES string of the molecule is Brc1c(Br)c(Br)c(C23C=CC4SC4C2S3)c(Br)c1Br. The van der Waals surface area contributed by atoms with Gasteiger partial charge in [0.25, 0.3) is 0 Å². The van der Waals surface area contributed by atoms with Crippen LogP contribution in [0.4, 0.5) is 0 Å². The first kappa shape index (κ1) is 14.6. The Morgan fingerprint density at radius 2 is 1.47 bits per heavy atom. The van der Waals surface area contributed by atoms with E-state index in [9.17, 15) is 0 Å². The highest BCUT2D eigenvalue weighted by Gasteiger charge is 2.68. The lowest BCUT2D eigenvalue weighted by Gasteiger charge is -2.20. The molecule has 4 unspecified atom stereocenters. The maximum atomic E-state index is 3.77. The fraction of sp³-hybridized carbons (Fsp3) is 0.333. The Morgan fingerprint density at radius 3 is 2.11 bits per heavy atom. The number of hydrogen-bond acceptors (Lipinski definition) is 2. The van der Waals surface area contributed by atoms with Crippen molar-refractivity contribution in [3.63, 3.8) is 0 Å². The van der Waals surface area contributed by atoms with Crippen molar-refractivity contribution in [2.45, 2.75) is 20.5 Å². The monoisotopic (exact) mass is 608 g/mol. The maximum Gasteiger partial charge on any atom is 0.0745 e. The maximum absolute atomic E-state index is 3.77. The van der Waals surface area contributed by atoms with Crippen LogP contribution < -0.4 is 0 Å². The van der Waals surface area contributed by atoms with Gasteiger partial charge in [0, 0.05) is 43.7 Å². The molecule has 0 spiro atoms. The van der Waals surface area contributed by atoms with E-state index in [0.29, 0.717) is 0 Å². The van der Waals surface area contributed by atoms with E-state index in [-0.39, 0.29) is 4.75 Å². The lowest BCUT2D eigenvalue weighted by molar-refractivity contribution is 0.769. The molecule has 3 aliphatic rings. The van der Waals surface area contributed by atoms with E-state index < -0.39 is 0 Å². The van der Waals surface area contributed by atoms with Crippen molar-refractivity contribution in [3.8, 4) is 0 Å². The summed E-state index contributed by atoms with van der Waals surface area (Å²) in [6.45, 7) is 0. The molecule has 0 aromatic heterocycles. The summed E-state index contributed by atoms with van der Waals surface area (Å²) in [5.74, 6) is 0. The number of fused-ring (bicyclic) bond motifs is 3. The Balaban J connectivity index is 1.94. The molecule has 19 heavy (non-hydrogen) atoms. The summed E-state index contributed by atoms with van der Waals surface area (Å²) in [6, 6.07) is 0. The molecule has 0 saturated carbocycles. The predicted octanol–water partition coefficient (Wildman–Crippen LogP) is 6.86. The van der Waals surface area contributed by atoms with E-state index in [1.165, 1.54) is 5.56 Å². The third-order valence-electron chi connectivity index (χ3n) is 3.68. The van der Waals surface area contributed by atoms with Crippen LogP contribution in [0.5, 0.6) is 0 Å². The first-order valence-electron chi connectivity index (χ1n) is 5.52. The third kappa shape index (κ3) is 2.01. The number of thioether (sulfide) groups is 2. The van der Waals surface area contributed by atoms with Crippen LogP contribution in [0.3, 0.4) is 0 Å². The summed E-state index contributed by atoms with van der Waals surface area (Å²) in [7, 11) is 0. The molecular weight excluding hydrogens is 608 g/mol. The van der Waals surface area contributed by atoms with Gasteiger partial charge in [0.05, 0.1) is 4.75 Å². The van der Waals surface area contributed by atoms with Gasteiger partial charge in [0.15, 0.2) is 0 Å². The molecule has 1 aromatic carbocycles. The van der Waals surface area contributed by atoms with Gasteiger partial charge in [0.2, 0.25) is 0 Å². The highest BCUT2D eigenvalue weighted by Crippen LogP contribution is 2.75. The van der Waals surface area contributed by atoms with Crippen molar-refractivity contribution in [2.75, 3.05) is 0 Å². The zero-order valence-corrected chi connectivity index (χ0v) is 18.7. The molecule has 0 nitrogen and oxygen atoms in total. The molecule has 1 aromatic rings. The summed E-state index contributed by atoms with van der Waals surface area (Å²) in [5, 5.41) is 2.31. The third-order valence-corrected chi connectivity index (χ3v) is 12.9. The molecule has 7 heteroatoms. The van der Waals surface area contributed by atoms with Gasteiger partial charge < -0.3 is 0 Å². The molecule has 100 valence electrons. The molecule has 2 saturated heterocycles.